The molecule has 36 heavy (non-hydrogen) atoms. The fourth-order valence-corrected chi connectivity index (χ4v) is 6.07. The maximum Gasteiger partial charge on any atom is 0.253 e. The van der Waals surface area contributed by atoms with Crippen molar-refractivity contribution in [1.29, 1.82) is 0 Å². The van der Waals surface area contributed by atoms with Crippen molar-refractivity contribution in [2.75, 3.05) is 19.6 Å². The molecule has 6 heteroatoms. The highest BCUT2D eigenvalue weighted by molar-refractivity contribution is 5.94. The lowest BCUT2D eigenvalue weighted by atomic mass is 9.67. The number of nitrogens with two attached hydrogens (primary N) is 1. The largest absolute Gasteiger partial charge is 0.337 e. The second kappa shape index (κ2) is 9.32. The number of benzene rings is 2. The number of piperidine rings is 1. The predicted octanol–water partition coefficient (Wildman–Crippen LogP) is 5.23. The Hall–Kier alpha value is -3.25. The van der Waals surface area contributed by atoms with Gasteiger partial charge in [0.2, 0.25) is 0 Å². The third-order valence-corrected chi connectivity index (χ3v) is 8.44. The third-order valence-electron chi connectivity index (χ3n) is 8.44. The molecule has 3 aromatic rings. The van der Waals surface area contributed by atoms with E-state index >= 15 is 0 Å². The van der Waals surface area contributed by atoms with Crippen molar-refractivity contribution in [3.8, 4) is 0 Å². The molecule has 0 radical (unpaired) electrons. The van der Waals surface area contributed by atoms with E-state index in [4.69, 9.17) is 5.73 Å². The highest BCUT2D eigenvalue weighted by Gasteiger charge is 2.40. The molecular weight excluding hydrogens is 446 g/mol. The molecule has 5 rings (SSSR count). The van der Waals surface area contributed by atoms with Crippen LogP contribution in [0.25, 0.3) is 11.0 Å². The number of carbonyl (C=O) groups is 1. The van der Waals surface area contributed by atoms with Gasteiger partial charge in [-0.3, -0.25) is 4.79 Å². The van der Waals surface area contributed by atoms with E-state index in [9.17, 15) is 4.79 Å². The third kappa shape index (κ3) is 4.07. The molecule has 188 valence electrons. The van der Waals surface area contributed by atoms with E-state index < -0.39 is 0 Å². The van der Waals surface area contributed by atoms with Crippen LogP contribution in [0.3, 0.4) is 0 Å². The highest BCUT2D eigenvalue weighted by Crippen LogP contribution is 2.46. The first-order valence-electron chi connectivity index (χ1n) is 13.0. The number of aromatic nitrogens is 3. The van der Waals surface area contributed by atoms with Gasteiger partial charge in [0.15, 0.2) is 0 Å². The molecule has 2 heterocycles. The van der Waals surface area contributed by atoms with Gasteiger partial charge in [0.25, 0.3) is 5.91 Å². The zero-order chi connectivity index (χ0) is 25.6. The van der Waals surface area contributed by atoms with Crippen LogP contribution in [-0.2, 0) is 6.54 Å². The lowest BCUT2D eigenvalue weighted by Gasteiger charge is -2.45. The van der Waals surface area contributed by atoms with Crippen LogP contribution in [0.2, 0.25) is 0 Å². The van der Waals surface area contributed by atoms with Crippen molar-refractivity contribution in [2.24, 2.45) is 11.1 Å². The summed E-state index contributed by atoms with van der Waals surface area (Å²) in [6, 6.07) is 10.4. The molecule has 1 aliphatic heterocycles. The average molecular weight is 484 g/mol. The van der Waals surface area contributed by atoms with Crippen LogP contribution in [-0.4, -0.2) is 45.4 Å². The number of hydrogen-bond acceptors (Lipinski definition) is 4. The van der Waals surface area contributed by atoms with E-state index in [0.717, 1.165) is 60.2 Å². The summed E-state index contributed by atoms with van der Waals surface area (Å²) in [5.74, 6) is 0.242. The van der Waals surface area contributed by atoms with Gasteiger partial charge in [-0.05, 0) is 81.0 Å². The van der Waals surface area contributed by atoms with Gasteiger partial charge in [0.1, 0.15) is 5.52 Å². The van der Waals surface area contributed by atoms with Crippen molar-refractivity contribution >= 4 is 16.9 Å². The van der Waals surface area contributed by atoms with Gasteiger partial charge in [-0.1, -0.05) is 47.6 Å². The normalized spacial score (nSPS) is 20.7. The highest BCUT2D eigenvalue weighted by atomic mass is 16.2. The number of likely N-dealkylation sites (tertiary alicyclic amines) is 1. The zero-order valence-electron chi connectivity index (χ0n) is 22.1. The van der Waals surface area contributed by atoms with Crippen LogP contribution >= 0.6 is 0 Å². The molecule has 1 aliphatic carbocycles. The number of carbonyl (C=O) groups excluding carboxylic acids is 1. The molecule has 1 amide bonds. The molecule has 0 spiro atoms. The van der Waals surface area contributed by atoms with Crippen LogP contribution in [0.15, 0.2) is 53.6 Å². The van der Waals surface area contributed by atoms with E-state index in [-0.39, 0.29) is 17.2 Å². The Labute approximate surface area is 213 Å². The molecule has 0 bridgehead atoms. The molecule has 1 saturated heterocycles. The number of fused-ring (bicyclic) bond motifs is 2. The SMILES string of the molecule is CCn1nnc2c(C)c([C@@H](CN)C3=CC=C4CCN(C(=O)c5ccc(C)c(C)c5)CC4(C)C3)ccc21. The summed E-state index contributed by atoms with van der Waals surface area (Å²) in [6.07, 6.45) is 6.38. The van der Waals surface area contributed by atoms with Crippen LogP contribution < -0.4 is 5.73 Å². The first kappa shape index (κ1) is 24.4. The van der Waals surface area contributed by atoms with Crippen LogP contribution in [0.5, 0.6) is 0 Å². The summed E-state index contributed by atoms with van der Waals surface area (Å²) in [7, 11) is 0. The smallest absolute Gasteiger partial charge is 0.253 e. The van der Waals surface area contributed by atoms with E-state index in [1.54, 1.807) is 0 Å². The molecule has 6 nitrogen and oxygen atoms in total. The quantitative estimate of drug-likeness (QED) is 0.539. The number of rotatable bonds is 5. The van der Waals surface area contributed by atoms with E-state index in [0.29, 0.717) is 6.54 Å². The summed E-state index contributed by atoms with van der Waals surface area (Å²) >= 11 is 0. The number of nitrogens with zero attached hydrogens (tertiary/aromatic N) is 4. The van der Waals surface area contributed by atoms with E-state index in [1.165, 1.54) is 22.3 Å². The van der Waals surface area contributed by atoms with E-state index in [1.807, 2.05) is 27.8 Å². The van der Waals surface area contributed by atoms with Gasteiger partial charge in [-0.25, -0.2) is 4.68 Å². The van der Waals surface area contributed by atoms with Gasteiger partial charge in [0.05, 0.1) is 5.52 Å². The Kier molecular flexibility index (Phi) is 6.33. The summed E-state index contributed by atoms with van der Waals surface area (Å²) in [6.45, 7) is 13.5. The van der Waals surface area contributed by atoms with Crippen molar-refractivity contribution in [3.63, 3.8) is 0 Å². The van der Waals surface area contributed by atoms with Crippen molar-refractivity contribution in [2.45, 2.75) is 59.9 Å². The second-order valence-corrected chi connectivity index (χ2v) is 10.8. The van der Waals surface area contributed by atoms with Gasteiger partial charge in [-0.2, -0.15) is 0 Å². The standard InChI is InChI=1S/C30H37N5O/c1-6-35-27-12-11-25(21(4)28(27)32-33-35)26(17-31)23-9-10-24-13-14-34(18-30(24,5)16-23)29(36)22-8-7-19(2)20(3)15-22/h7-12,15,26H,6,13-14,16-18,31H2,1-5H3/t26-,30?/m0/s1. The number of amides is 1. The van der Waals surface area contributed by atoms with Gasteiger partial charge in [-0.15, -0.1) is 5.10 Å². The van der Waals surface area contributed by atoms with Crippen LogP contribution in [0.1, 0.15) is 65.2 Å². The number of allylic oxidation sites excluding steroid dienone is 2. The molecule has 1 fully saturated rings. The Morgan fingerprint density at radius 3 is 2.67 bits per heavy atom. The van der Waals surface area contributed by atoms with Gasteiger partial charge in [0, 0.05) is 43.1 Å². The minimum absolute atomic E-state index is 0.0888. The maximum atomic E-state index is 13.4. The fourth-order valence-electron chi connectivity index (χ4n) is 6.07. The lowest BCUT2D eigenvalue weighted by Crippen LogP contribution is -2.47. The van der Waals surface area contributed by atoms with Crippen molar-refractivity contribution in [3.05, 3.63) is 81.4 Å². The first-order valence-corrected chi connectivity index (χ1v) is 13.0. The van der Waals surface area contributed by atoms with Crippen LogP contribution in [0, 0.1) is 26.2 Å². The molecule has 0 saturated carbocycles. The molecule has 2 N–H and O–H groups in total. The zero-order valence-corrected chi connectivity index (χ0v) is 22.1. The van der Waals surface area contributed by atoms with Crippen molar-refractivity contribution in [1.82, 2.24) is 19.9 Å². The molecule has 1 unspecified atom stereocenters. The molecule has 2 aliphatic rings. The number of aryl methyl sites for hydroxylation is 4. The van der Waals surface area contributed by atoms with Crippen LogP contribution in [0.4, 0.5) is 0 Å². The molecule has 2 aromatic carbocycles. The Morgan fingerprint density at radius 1 is 1.14 bits per heavy atom. The topological polar surface area (TPSA) is 77.0 Å². The van der Waals surface area contributed by atoms with Crippen molar-refractivity contribution < 1.29 is 4.79 Å². The monoisotopic (exact) mass is 483 g/mol. The van der Waals surface area contributed by atoms with Gasteiger partial charge < -0.3 is 10.6 Å². The summed E-state index contributed by atoms with van der Waals surface area (Å²) in [5.41, 5.74) is 16.6. The summed E-state index contributed by atoms with van der Waals surface area (Å²) in [4.78, 5) is 15.5. The second-order valence-electron chi connectivity index (χ2n) is 10.8. The average Bonchev–Trinajstić information content (AvgIpc) is 3.30. The minimum Gasteiger partial charge on any atom is -0.337 e. The minimum atomic E-state index is -0.0888. The Bertz CT molecular complexity index is 1400. The fraction of sp³-hybridized carbons (Fsp3) is 0.433. The lowest BCUT2D eigenvalue weighted by molar-refractivity contribution is 0.0644. The molecule has 2 atom stereocenters. The van der Waals surface area contributed by atoms with Gasteiger partial charge >= 0.3 is 0 Å². The Morgan fingerprint density at radius 2 is 1.94 bits per heavy atom. The summed E-state index contributed by atoms with van der Waals surface area (Å²) < 4.78 is 1.93. The molecule has 1 aromatic heterocycles. The molecular formula is C30H37N5O. The Balaban J connectivity index is 1.41. The number of hydrogen-bond donors (Lipinski definition) is 1. The first-order chi connectivity index (χ1) is 17.3. The van der Waals surface area contributed by atoms with E-state index in [2.05, 4.69) is 69.2 Å². The predicted molar refractivity (Wildman–Crippen MR) is 145 cm³/mol. The summed E-state index contributed by atoms with van der Waals surface area (Å²) in [5, 5.41) is 8.77. The maximum absolute atomic E-state index is 13.4.